The molecule has 0 radical (unpaired) electrons. The highest BCUT2D eigenvalue weighted by molar-refractivity contribution is 6.30. The van der Waals surface area contributed by atoms with E-state index in [0.29, 0.717) is 6.42 Å². The number of rotatable bonds is 6. The smallest absolute Gasteiger partial charge is 0.323 e. The first kappa shape index (κ1) is 15.2. The van der Waals surface area contributed by atoms with Crippen molar-refractivity contribution in [2.75, 3.05) is 11.4 Å². The summed E-state index contributed by atoms with van der Waals surface area (Å²) in [6.07, 6.45) is 1.90. The Balaban J connectivity index is 3.28. The van der Waals surface area contributed by atoms with Crippen molar-refractivity contribution in [3.8, 4) is 0 Å². The number of halogens is 1. The highest BCUT2D eigenvalue weighted by Crippen LogP contribution is 2.29. The molecule has 104 valence electrons. The van der Waals surface area contributed by atoms with Crippen molar-refractivity contribution in [2.45, 2.75) is 26.3 Å². The number of carboxylic acid groups (broad SMARTS) is 1. The van der Waals surface area contributed by atoms with Gasteiger partial charge in [-0.1, -0.05) is 18.5 Å². The molecule has 1 atom stereocenters. The van der Waals surface area contributed by atoms with E-state index in [1.165, 1.54) is 17.2 Å². The molecule has 8 heteroatoms. The van der Waals surface area contributed by atoms with Crippen molar-refractivity contribution in [2.24, 2.45) is 0 Å². The fraction of sp³-hybridized carbons (Fsp3) is 0.455. The first-order valence-corrected chi connectivity index (χ1v) is 6.03. The van der Waals surface area contributed by atoms with Crippen LogP contribution in [0, 0.1) is 10.1 Å². The number of hydrogen-bond donors (Lipinski definition) is 1. The van der Waals surface area contributed by atoms with Gasteiger partial charge in [0.15, 0.2) is 0 Å². The quantitative estimate of drug-likeness (QED) is 0.637. The molecule has 0 bridgehead atoms. The van der Waals surface area contributed by atoms with Gasteiger partial charge in [-0.2, -0.15) is 0 Å². The van der Waals surface area contributed by atoms with Crippen LogP contribution in [0.4, 0.5) is 11.5 Å². The zero-order valence-electron chi connectivity index (χ0n) is 10.5. The second-order valence-electron chi connectivity index (χ2n) is 4.03. The molecule has 19 heavy (non-hydrogen) atoms. The molecular formula is C11H14ClN3O4. The lowest BCUT2D eigenvalue weighted by atomic mass is 10.2. The largest absolute Gasteiger partial charge is 0.480 e. The normalized spacial score (nSPS) is 11.9. The summed E-state index contributed by atoms with van der Waals surface area (Å²) in [6.45, 7) is 3.29. The predicted molar refractivity (Wildman–Crippen MR) is 70.6 cm³/mol. The molecule has 0 amide bonds. The van der Waals surface area contributed by atoms with Crippen molar-refractivity contribution in [1.29, 1.82) is 0 Å². The molecule has 1 heterocycles. The van der Waals surface area contributed by atoms with Gasteiger partial charge < -0.3 is 10.0 Å². The molecule has 1 rings (SSSR count). The molecule has 7 nitrogen and oxygen atoms in total. The molecule has 0 saturated carbocycles. The van der Waals surface area contributed by atoms with E-state index in [1.54, 1.807) is 6.92 Å². The summed E-state index contributed by atoms with van der Waals surface area (Å²) < 4.78 is 0. The Bertz CT molecular complexity index is 495. The third-order valence-electron chi connectivity index (χ3n) is 2.71. The summed E-state index contributed by atoms with van der Waals surface area (Å²) >= 11 is 5.68. The second kappa shape index (κ2) is 6.33. The maximum absolute atomic E-state index is 11.0. The van der Waals surface area contributed by atoms with E-state index in [4.69, 9.17) is 16.7 Å². The number of nitrogens with zero attached hydrogens (tertiary/aromatic N) is 3. The maximum atomic E-state index is 11.0. The summed E-state index contributed by atoms with van der Waals surface area (Å²) in [4.78, 5) is 26.6. The number of aliphatic carboxylic acids is 1. The fourth-order valence-corrected chi connectivity index (χ4v) is 1.73. The fourth-order valence-electron chi connectivity index (χ4n) is 1.58. The monoisotopic (exact) mass is 287 g/mol. The molecule has 1 unspecified atom stereocenters. The van der Waals surface area contributed by atoms with Crippen LogP contribution >= 0.6 is 11.6 Å². The van der Waals surface area contributed by atoms with Crippen molar-refractivity contribution < 1.29 is 14.8 Å². The number of pyridine rings is 1. The van der Waals surface area contributed by atoms with Gasteiger partial charge in [0.05, 0.1) is 9.95 Å². The van der Waals surface area contributed by atoms with Crippen molar-refractivity contribution >= 4 is 29.1 Å². The van der Waals surface area contributed by atoms with Gasteiger partial charge in [0.2, 0.25) is 5.82 Å². The van der Waals surface area contributed by atoms with Crippen LogP contribution in [0.25, 0.3) is 0 Å². The minimum absolute atomic E-state index is 0.0196. The Labute approximate surface area is 115 Å². The molecular weight excluding hydrogens is 274 g/mol. The van der Waals surface area contributed by atoms with Crippen LogP contribution in [0.2, 0.25) is 5.02 Å². The van der Waals surface area contributed by atoms with Crippen molar-refractivity contribution in [1.82, 2.24) is 4.98 Å². The van der Waals surface area contributed by atoms with E-state index in [0.717, 1.165) is 0 Å². The van der Waals surface area contributed by atoms with E-state index < -0.39 is 10.9 Å². The summed E-state index contributed by atoms with van der Waals surface area (Å²) in [5.74, 6) is -1.06. The van der Waals surface area contributed by atoms with Crippen LogP contribution in [-0.4, -0.2) is 33.6 Å². The van der Waals surface area contributed by atoms with Crippen LogP contribution in [0.15, 0.2) is 12.3 Å². The molecule has 1 aromatic heterocycles. The Morgan fingerprint density at radius 1 is 1.68 bits per heavy atom. The van der Waals surface area contributed by atoms with Gasteiger partial charge in [0, 0.05) is 18.3 Å². The first-order valence-electron chi connectivity index (χ1n) is 5.65. The van der Waals surface area contributed by atoms with Crippen molar-refractivity contribution in [3.05, 3.63) is 27.4 Å². The Morgan fingerprint density at radius 2 is 2.32 bits per heavy atom. The Morgan fingerprint density at radius 3 is 2.79 bits per heavy atom. The van der Waals surface area contributed by atoms with E-state index in [-0.39, 0.29) is 29.1 Å². The molecule has 0 aromatic carbocycles. The summed E-state index contributed by atoms with van der Waals surface area (Å²) in [5, 5.41) is 20.1. The predicted octanol–water partition coefficient (Wildman–Crippen LogP) is 2.33. The van der Waals surface area contributed by atoms with Gasteiger partial charge in [-0.05, 0) is 13.3 Å². The third kappa shape index (κ3) is 3.78. The number of carbonyl (C=O) groups is 1. The van der Waals surface area contributed by atoms with Crippen LogP contribution in [-0.2, 0) is 4.79 Å². The SMILES string of the molecule is CCC(C)N(CC(=O)O)c1ncc(Cl)cc1[N+](=O)[O-]. The molecule has 0 aliphatic carbocycles. The van der Waals surface area contributed by atoms with Crippen LogP contribution in [0.1, 0.15) is 20.3 Å². The number of nitro groups is 1. The molecule has 0 saturated heterocycles. The van der Waals surface area contributed by atoms with E-state index in [9.17, 15) is 14.9 Å². The highest BCUT2D eigenvalue weighted by Gasteiger charge is 2.26. The van der Waals surface area contributed by atoms with Gasteiger partial charge in [0.1, 0.15) is 6.54 Å². The molecule has 0 aliphatic rings. The topological polar surface area (TPSA) is 96.6 Å². The van der Waals surface area contributed by atoms with E-state index >= 15 is 0 Å². The van der Waals surface area contributed by atoms with Crippen molar-refractivity contribution in [3.63, 3.8) is 0 Å². The minimum Gasteiger partial charge on any atom is -0.480 e. The Hall–Kier alpha value is -1.89. The minimum atomic E-state index is -1.08. The molecule has 0 spiro atoms. The second-order valence-corrected chi connectivity index (χ2v) is 4.47. The van der Waals surface area contributed by atoms with E-state index in [1.807, 2.05) is 6.92 Å². The number of anilines is 1. The average Bonchev–Trinajstić information content (AvgIpc) is 2.35. The van der Waals surface area contributed by atoms with Gasteiger partial charge in [-0.25, -0.2) is 4.98 Å². The van der Waals surface area contributed by atoms with Crippen LogP contribution in [0.5, 0.6) is 0 Å². The Kier molecular flexibility index (Phi) is 5.05. The molecule has 1 N–H and O–H groups in total. The number of carboxylic acids is 1. The number of hydrogen-bond acceptors (Lipinski definition) is 5. The van der Waals surface area contributed by atoms with Crippen LogP contribution in [0.3, 0.4) is 0 Å². The molecule has 0 aliphatic heterocycles. The van der Waals surface area contributed by atoms with Gasteiger partial charge >= 0.3 is 11.7 Å². The summed E-state index contributed by atoms with van der Waals surface area (Å²) in [6, 6.07) is 0.977. The lowest BCUT2D eigenvalue weighted by molar-refractivity contribution is -0.384. The zero-order valence-corrected chi connectivity index (χ0v) is 11.3. The van der Waals surface area contributed by atoms with E-state index in [2.05, 4.69) is 4.98 Å². The first-order chi connectivity index (χ1) is 8.86. The summed E-state index contributed by atoms with van der Waals surface area (Å²) in [7, 11) is 0. The van der Waals surface area contributed by atoms with Gasteiger partial charge in [-0.15, -0.1) is 0 Å². The van der Waals surface area contributed by atoms with Crippen LogP contribution < -0.4 is 4.90 Å². The van der Waals surface area contributed by atoms with Gasteiger partial charge in [-0.3, -0.25) is 14.9 Å². The lowest BCUT2D eigenvalue weighted by Crippen LogP contribution is -2.38. The summed E-state index contributed by atoms with van der Waals surface area (Å²) in [5.41, 5.74) is -0.297. The van der Waals surface area contributed by atoms with Gasteiger partial charge in [0.25, 0.3) is 0 Å². The molecule has 0 fully saturated rings. The lowest BCUT2D eigenvalue weighted by Gasteiger charge is -2.27. The standard InChI is InChI=1S/C11H14ClN3O4/c1-3-7(2)14(6-10(16)17)11-9(15(18)19)4-8(12)5-13-11/h4-5,7H,3,6H2,1-2H3,(H,16,17). The maximum Gasteiger partial charge on any atom is 0.323 e. The third-order valence-corrected chi connectivity index (χ3v) is 2.92. The zero-order chi connectivity index (χ0) is 14.6. The average molecular weight is 288 g/mol. The molecule has 1 aromatic rings. The highest BCUT2D eigenvalue weighted by atomic mass is 35.5. The number of aromatic nitrogens is 1.